The molecule has 4 nitrogen and oxygen atoms in total. The average Bonchev–Trinajstić information content (AvgIpc) is 3.46. The normalized spacial score (nSPS) is 11.3. The van der Waals surface area contributed by atoms with E-state index < -0.39 is 11.7 Å². The first kappa shape index (κ1) is 26.5. The van der Waals surface area contributed by atoms with Gasteiger partial charge in [0.2, 0.25) is 0 Å². The summed E-state index contributed by atoms with van der Waals surface area (Å²) in [6, 6.07) is 9.14. The molecular weight excluding hydrogens is 471 g/mol. The fourth-order valence-corrected chi connectivity index (χ4v) is 4.66. The molecule has 0 amide bonds. The van der Waals surface area contributed by atoms with Crippen LogP contribution in [0, 0.1) is 0 Å². The van der Waals surface area contributed by atoms with Crippen molar-refractivity contribution in [3.8, 4) is 16.3 Å². The van der Waals surface area contributed by atoms with Gasteiger partial charge in [-0.15, -0.1) is 11.3 Å². The summed E-state index contributed by atoms with van der Waals surface area (Å²) in [4.78, 5) is 10.4. The SMILES string of the molecule is C=CCOc1cnc2c(ccn2Cc2sc(-c3ccc(C(F)(F)F)cc3)nc2CCCC)c1.CC. The molecule has 0 saturated heterocycles. The fourth-order valence-electron chi connectivity index (χ4n) is 3.55. The van der Waals surface area contributed by atoms with Gasteiger partial charge in [-0.3, -0.25) is 0 Å². The van der Waals surface area contributed by atoms with Crippen LogP contribution in [-0.2, 0) is 19.1 Å². The van der Waals surface area contributed by atoms with Gasteiger partial charge in [-0.1, -0.05) is 52.0 Å². The van der Waals surface area contributed by atoms with Gasteiger partial charge in [0.15, 0.2) is 0 Å². The molecule has 186 valence electrons. The van der Waals surface area contributed by atoms with Crippen molar-refractivity contribution in [2.24, 2.45) is 0 Å². The first-order chi connectivity index (χ1) is 16.9. The quantitative estimate of drug-likeness (QED) is 0.217. The Morgan fingerprint density at radius 2 is 1.89 bits per heavy atom. The zero-order chi connectivity index (χ0) is 25.4. The van der Waals surface area contributed by atoms with E-state index in [1.165, 1.54) is 23.5 Å². The first-order valence-electron chi connectivity index (χ1n) is 11.7. The van der Waals surface area contributed by atoms with Crippen molar-refractivity contribution in [2.45, 2.75) is 52.8 Å². The predicted octanol–water partition coefficient (Wildman–Crippen LogP) is 8.16. The van der Waals surface area contributed by atoms with Crippen LogP contribution in [0.2, 0.25) is 0 Å². The van der Waals surface area contributed by atoms with Gasteiger partial charge in [-0.25, -0.2) is 9.97 Å². The molecule has 0 unspecified atom stereocenters. The molecule has 0 atom stereocenters. The molecule has 0 saturated carbocycles. The van der Waals surface area contributed by atoms with E-state index in [-0.39, 0.29) is 0 Å². The number of pyridine rings is 1. The predicted molar refractivity (Wildman–Crippen MR) is 137 cm³/mol. The number of aryl methyl sites for hydroxylation is 1. The number of halogens is 3. The summed E-state index contributed by atoms with van der Waals surface area (Å²) >= 11 is 1.52. The van der Waals surface area contributed by atoms with Crippen LogP contribution >= 0.6 is 11.3 Å². The number of hydrogen-bond acceptors (Lipinski definition) is 4. The van der Waals surface area contributed by atoms with E-state index in [1.54, 1.807) is 12.3 Å². The third-order valence-electron chi connectivity index (χ3n) is 5.26. The van der Waals surface area contributed by atoms with Crippen LogP contribution in [0.5, 0.6) is 5.75 Å². The molecule has 0 fully saturated rings. The molecule has 4 aromatic rings. The lowest BCUT2D eigenvalue weighted by Gasteiger charge is -2.06. The van der Waals surface area contributed by atoms with Gasteiger partial charge in [0.25, 0.3) is 0 Å². The van der Waals surface area contributed by atoms with Crippen molar-refractivity contribution in [1.29, 1.82) is 0 Å². The molecule has 3 heterocycles. The first-order valence-corrected chi connectivity index (χ1v) is 12.6. The maximum Gasteiger partial charge on any atom is 0.416 e. The number of unbranched alkanes of at least 4 members (excludes halogenated alkanes) is 1. The summed E-state index contributed by atoms with van der Waals surface area (Å²) in [6.07, 6.45) is 3.88. The third-order valence-corrected chi connectivity index (χ3v) is 6.39. The minimum Gasteiger partial charge on any atom is -0.488 e. The Balaban J connectivity index is 0.00000167. The zero-order valence-electron chi connectivity index (χ0n) is 20.2. The van der Waals surface area contributed by atoms with E-state index >= 15 is 0 Å². The Labute approximate surface area is 208 Å². The van der Waals surface area contributed by atoms with E-state index in [4.69, 9.17) is 9.72 Å². The molecular formula is C27H30F3N3OS. The summed E-state index contributed by atoms with van der Waals surface area (Å²) in [5.41, 5.74) is 1.86. The number of alkyl halides is 3. The molecule has 35 heavy (non-hydrogen) atoms. The number of benzene rings is 1. The van der Waals surface area contributed by atoms with Crippen LogP contribution in [-0.4, -0.2) is 21.1 Å². The molecule has 0 radical (unpaired) electrons. The number of aromatic nitrogens is 3. The van der Waals surface area contributed by atoms with E-state index in [2.05, 4.69) is 23.1 Å². The molecule has 4 rings (SSSR count). The van der Waals surface area contributed by atoms with Crippen molar-refractivity contribution in [3.05, 3.63) is 77.6 Å². The van der Waals surface area contributed by atoms with Gasteiger partial charge in [-0.05, 0) is 37.1 Å². The van der Waals surface area contributed by atoms with Crippen LogP contribution in [0.15, 0.2) is 61.4 Å². The monoisotopic (exact) mass is 501 g/mol. The molecule has 8 heteroatoms. The van der Waals surface area contributed by atoms with Crippen molar-refractivity contribution < 1.29 is 17.9 Å². The highest BCUT2D eigenvalue weighted by Gasteiger charge is 2.30. The number of fused-ring (bicyclic) bond motifs is 1. The van der Waals surface area contributed by atoms with Gasteiger partial charge in [-0.2, -0.15) is 13.2 Å². The number of nitrogens with zero attached hydrogens (tertiary/aromatic N) is 3. The maximum absolute atomic E-state index is 12.9. The molecule has 3 aromatic heterocycles. The van der Waals surface area contributed by atoms with Crippen LogP contribution in [0.25, 0.3) is 21.6 Å². The summed E-state index contributed by atoms with van der Waals surface area (Å²) in [5.74, 6) is 0.686. The van der Waals surface area contributed by atoms with Crippen LogP contribution in [0.3, 0.4) is 0 Å². The number of thiazole rings is 1. The molecule has 1 aromatic carbocycles. The van der Waals surface area contributed by atoms with E-state index in [1.807, 2.05) is 32.2 Å². The Kier molecular flexibility index (Phi) is 9.09. The molecule has 0 bridgehead atoms. The highest BCUT2D eigenvalue weighted by Crippen LogP contribution is 2.34. The largest absolute Gasteiger partial charge is 0.488 e. The molecule has 0 aliphatic rings. The average molecular weight is 502 g/mol. The third kappa shape index (κ3) is 6.51. The number of ether oxygens (including phenoxy) is 1. The second kappa shape index (κ2) is 12.0. The van der Waals surface area contributed by atoms with Gasteiger partial charge in [0, 0.05) is 22.0 Å². The van der Waals surface area contributed by atoms with E-state index in [0.717, 1.165) is 58.0 Å². The Morgan fingerprint density at radius 1 is 1.14 bits per heavy atom. The Morgan fingerprint density at radius 3 is 2.54 bits per heavy atom. The molecule has 0 spiro atoms. The second-order valence-corrected chi connectivity index (χ2v) is 8.78. The Bertz CT molecular complexity index is 1240. The topological polar surface area (TPSA) is 39.9 Å². The van der Waals surface area contributed by atoms with Gasteiger partial charge < -0.3 is 9.30 Å². The molecule has 0 aliphatic heterocycles. The van der Waals surface area contributed by atoms with Crippen molar-refractivity contribution in [2.75, 3.05) is 6.61 Å². The van der Waals surface area contributed by atoms with Crippen molar-refractivity contribution >= 4 is 22.4 Å². The maximum atomic E-state index is 12.9. The summed E-state index contributed by atoms with van der Waals surface area (Å²) < 4.78 is 46.4. The molecule has 0 aliphatic carbocycles. The highest BCUT2D eigenvalue weighted by molar-refractivity contribution is 7.15. The number of hydrogen-bond donors (Lipinski definition) is 0. The van der Waals surface area contributed by atoms with Crippen molar-refractivity contribution in [1.82, 2.24) is 14.5 Å². The minimum atomic E-state index is -4.35. The molecule has 0 N–H and O–H groups in total. The van der Waals surface area contributed by atoms with Crippen LogP contribution < -0.4 is 4.74 Å². The lowest BCUT2D eigenvalue weighted by molar-refractivity contribution is -0.137. The Hall–Kier alpha value is -3.13. The summed E-state index contributed by atoms with van der Waals surface area (Å²) in [5, 5.41) is 1.70. The van der Waals surface area contributed by atoms with Crippen LogP contribution in [0.1, 0.15) is 49.7 Å². The standard InChI is InChI=1S/C25H24F3N3OS.C2H6/c1-3-5-6-21-22(33-24(30-21)17-7-9-19(10-8-17)25(26,27)28)16-31-12-11-18-14-20(32-13-4-2)15-29-23(18)31;1-2/h4,7-12,14-15H,2-3,5-6,13,16H2,1H3;1-2H3. The van der Waals surface area contributed by atoms with Crippen LogP contribution in [0.4, 0.5) is 13.2 Å². The number of rotatable bonds is 9. The fraction of sp³-hybridized carbons (Fsp3) is 0.333. The lowest BCUT2D eigenvalue weighted by atomic mass is 10.1. The van der Waals surface area contributed by atoms with Gasteiger partial charge in [0.1, 0.15) is 23.0 Å². The highest BCUT2D eigenvalue weighted by atomic mass is 32.1. The second-order valence-electron chi connectivity index (χ2n) is 7.69. The van der Waals surface area contributed by atoms with E-state index in [9.17, 15) is 13.2 Å². The van der Waals surface area contributed by atoms with Gasteiger partial charge >= 0.3 is 6.18 Å². The lowest BCUT2D eigenvalue weighted by Crippen LogP contribution is -2.03. The van der Waals surface area contributed by atoms with E-state index in [0.29, 0.717) is 24.5 Å². The smallest absolute Gasteiger partial charge is 0.416 e. The van der Waals surface area contributed by atoms with Crippen molar-refractivity contribution in [3.63, 3.8) is 0 Å². The van der Waals surface area contributed by atoms with Gasteiger partial charge in [0.05, 0.1) is 24.0 Å². The minimum absolute atomic E-state index is 0.419. The zero-order valence-corrected chi connectivity index (χ0v) is 21.0. The summed E-state index contributed by atoms with van der Waals surface area (Å²) in [6.45, 7) is 10.8. The summed E-state index contributed by atoms with van der Waals surface area (Å²) in [7, 11) is 0.